The molecule has 0 atom stereocenters. The number of benzene rings is 1. The van der Waals surface area contributed by atoms with Gasteiger partial charge in [-0.15, -0.1) is 23.4 Å². The van der Waals surface area contributed by atoms with E-state index in [1.807, 2.05) is 0 Å². The summed E-state index contributed by atoms with van der Waals surface area (Å²) in [6.45, 7) is 1.32. The summed E-state index contributed by atoms with van der Waals surface area (Å²) in [6, 6.07) is 3.08. The van der Waals surface area contributed by atoms with Crippen molar-refractivity contribution in [3.63, 3.8) is 0 Å². The third-order valence-electron chi connectivity index (χ3n) is 2.87. The molecule has 26 heavy (non-hydrogen) atoms. The molecule has 0 radical (unpaired) electrons. The number of halogens is 6. The van der Waals surface area contributed by atoms with Gasteiger partial charge in [0.25, 0.3) is 5.88 Å². The van der Waals surface area contributed by atoms with Crippen molar-refractivity contribution in [1.82, 2.24) is 10.2 Å². The van der Waals surface area contributed by atoms with Crippen LogP contribution in [0.4, 0.5) is 26.3 Å². The van der Waals surface area contributed by atoms with Crippen molar-refractivity contribution >= 4 is 5.97 Å². The lowest BCUT2D eigenvalue weighted by Gasteiger charge is -2.13. The SMILES string of the molecule is Cc1cc(OC(F)(F)F)ccc1Oc1nnc(C(F)(F)F)cc1C(=O)O. The molecule has 0 saturated heterocycles. The molecule has 140 valence electrons. The van der Waals surface area contributed by atoms with Crippen molar-refractivity contribution in [3.05, 3.63) is 41.1 Å². The van der Waals surface area contributed by atoms with Gasteiger partial charge in [-0.3, -0.25) is 0 Å². The van der Waals surface area contributed by atoms with Gasteiger partial charge in [-0.05, 0) is 36.8 Å². The molecule has 0 saturated carbocycles. The Morgan fingerprint density at radius 1 is 1.08 bits per heavy atom. The normalized spacial score (nSPS) is 12.0. The van der Waals surface area contributed by atoms with E-state index in [0.29, 0.717) is 0 Å². The number of nitrogens with zero attached hydrogens (tertiary/aromatic N) is 2. The largest absolute Gasteiger partial charge is 0.573 e. The quantitative estimate of drug-likeness (QED) is 0.799. The average molecular weight is 382 g/mol. The summed E-state index contributed by atoms with van der Waals surface area (Å²) in [4.78, 5) is 11.1. The van der Waals surface area contributed by atoms with E-state index in [-0.39, 0.29) is 17.4 Å². The summed E-state index contributed by atoms with van der Waals surface area (Å²) < 4.78 is 83.1. The Hall–Kier alpha value is -3.05. The van der Waals surface area contributed by atoms with Crippen LogP contribution in [0.1, 0.15) is 21.6 Å². The van der Waals surface area contributed by atoms with Crippen molar-refractivity contribution in [2.45, 2.75) is 19.5 Å². The number of aryl methyl sites for hydroxylation is 1. The highest BCUT2D eigenvalue weighted by molar-refractivity contribution is 5.90. The predicted octanol–water partition coefficient (Wildman–Crippen LogP) is 4.19. The third-order valence-corrected chi connectivity index (χ3v) is 2.87. The molecule has 0 amide bonds. The number of hydrogen-bond donors (Lipinski definition) is 1. The van der Waals surface area contributed by atoms with Crippen LogP contribution < -0.4 is 9.47 Å². The summed E-state index contributed by atoms with van der Waals surface area (Å²) in [6.07, 6.45) is -9.83. The molecule has 0 bridgehead atoms. The van der Waals surface area contributed by atoms with Crippen molar-refractivity contribution in [2.75, 3.05) is 0 Å². The van der Waals surface area contributed by atoms with Crippen molar-refractivity contribution < 1.29 is 45.7 Å². The second-order valence-electron chi connectivity index (χ2n) is 4.83. The maximum Gasteiger partial charge on any atom is 0.573 e. The van der Waals surface area contributed by atoms with Crippen LogP contribution >= 0.6 is 0 Å². The maximum atomic E-state index is 12.6. The minimum atomic E-state index is -4.91. The molecule has 0 aliphatic carbocycles. The van der Waals surface area contributed by atoms with Gasteiger partial charge >= 0.3 is 18.5 Å². The van der Waals surface area contributed by atoms with Crippen LogP contribution in [0.25, 0.3) is 0 Å². The lowest BCUT2D eigenvalue weighted by atomic mass is 10.2. The smallest absolute Gasteiger partial charge is 0.477 e. The van der Waals surface area contributed by atoms with Crippen LogP contribution in [-0.2, 0) is 6.18 Å². The molecule has 0 fully saturated rings. The highest BCUT2D eigenvalue weighted by atomic mass is 19.4. The van der Waals surface area contributed by atoms with Gasteiger partial charge in [-0.2, -0.15) is 13.2 Å². The Morgan fingerprint density at radius 2 is 1.73 bits per heavy atom. The van der Waals surface area contributed by atoms with E-state index >= 15 is 0 Å². The third kappa shape index (κ3) is 4.74. The lowest BCUT2D eigenvalue weighted by Crippen LogP contribution is -2.17. The molecular weight excluding hydrogens is 374 g/mol. The second kappa shape index (κ2) is 6.69. The minimum Gasteiger partial charge on any atom is -0.477 e. The van der Waals surface area contributed by atoms with Gasteiger partial charge in [0.1, 0.15) is 17.1 Å². The predicted molar refractivity (Wildman–Crippen MR) is 71.9 cm³/mol. The van der Waals surface area contributed by atoms with Gasteiger partial charge < -0.3 is 14.6 Å². The topological polar surface area (TPSA) is 81.5 Å². The fraction of sp³-hybridized carbons (Fsp3) is 0.214. The number of carbonyl (C=O) groups is 1. The van der Waals surface area contributed by atoms with E-state index in [4.69, 9.17) is 9.84 Å². The Labute approximate surface area is 141 Å². The van der Waals surface area contributed by atoms with Gasteiger partial charge in [-0.25, -0.2) is 4.79 Å². The monoisotopic (exact) mass is 382 g/mol. The summed E-state index contributed by atoms with van der Waals surface area (Å²) in [5.41, 5.74) is -2.36. The van der Waals surface area contributed by atoms with Gasteiger partial charge in [0.15, 0.2) is 5.69 Å². The molecule has 0 aliphatic rings. The number of alkyl halides is 6. The van der Waals surface area contributed by atoms with E-state index in [1.165, 1.54) is 6.92 Å². The molecule has 1 aromatic carbocycles. The number of ether oxygens (including phenoxy) is 2. The molecule has 6 nitrogen and oxygen atoms in total. The summed E-state index contributed by atoms with van der Waals surface area (Å²) >= 11 is 0. The molecule has 1 N–H and O–H groups in total. The van der Waals surface area contributed by atoms with E-state index < -0.39 is 41.4 Å². The fourth-order valence-electron chi connectivity index (χ4n) is 1.79. The van der Waals surface area contributed by atoms with Crippen LogP contribution in [0.2, 0.25) is 0 Å². The van der Waals surface area contributed by atoms with Gasteiger partial charge in [0, 0.05) is 0 Å². The maximum absolute atomic E-state index is 12.6. The number of aromatic carboxylic acids is 1. The second-order valence-corrected chi connectivity index (χ2v) is 4.83. The first-order chi connectivity index (χ1) is 11.9. The molecule has 1 heterocycles. The van der Waals surface area contributed by atoms with Gasteiger partial charge in [0.2, 0.25) is 0 Å². The van der Waals surface area contributed by atoms with Crippen molar-refractivity contribution in [3.8, 4) is 17.4 Å². The Bertz CT molecular complexity index is 835. The van der Waals surface area contributed by atoms with Crippen molar-refractivity contribution in [2.24, 2.45) is 0 Å². The number of carboxylic acid groups (broad SMARTS) is 1. The first kappa shape index (κ1) is 19.3. The number of carboxylic acids is 1. The van der Waals surface area contributed by atoms with E-state index in [2.05, 4.69) is 14.9 Å². The zero-order valence-electron chi connectivity index (χ0n) is 12.6. The first-order valence-corrected chi connectivity index (χ1v) is 6.59. The summed E-state index contributed by atoms with van der Waals surface area (Å²) in [5, 5.41) is 15.0. The Kier molecular flexibility index (Phi) is 4.96. The molecule has 12 heteroatoms. The molecular formula is C14H8F6N2O4. The molecule has 2 rings (SSSR count). The lowest BCUT2D eigenvalue weighted by molar-refractivity contribution is -0.274. The van der Waals surface area contributed by atoms with E-state index in [9.17, 15) is 31.1 Å². The minimum absolute atomic E-state index is 0.0878. The van der Waals surface area contributed by atoms with Crippen LogP contribution in [0.5, 0.6) is 17.4 Å². The van der Waals surface area contributed by atoms with Gasteiger partial charge in [-0.1, -0.05) is 0 Å². The Balaban J connectivity index is 2.35. The number of hydrogen-bond acceptors (Lipinski definition) is 5. The van der Waals surface area contributed by atoms with Crippen molar-refractivity contribution in [1.29, 1.82) is 0 Å². The van der Waals surface area contributed by atoms with Crippen LogP contribution in [0.3, 0.4) is 0 Å². The highest BCUT2D eigenvalue weighted by Gasteiger charge is 2.35. The molecule has 0 unspecified atom stereocenters. The highest BCUT2D eigenvalue weighted by Crippen LogP contribution is 2.33. The Morgan fingerprint density at radius 3 is 2.23 bits per heavy atom. The molecule has 1 aromatic heterocycles. The van der Waals surface area contributed by atoms with Crippen LogP contribution in [0.15, 0.2) is 24.3 Å². The molecule has 0 spiro atoms. The van der Waals surface area contributed by atoms with Crippen LogP contribution in [0, 0.1) is 6.92 Å². The van der Waals surface area contributed by atoms with Gasteiger partial charge in [0.05, 0.1) is 0 Å². The average Bonchev–Trinajstić information content (AvgIpc) is 2.47. The standard InChI is InChI=1S/C14H8F6N2O4/c1-6-4-7(26-14(18,19)20)2-3-9(6)25-11-8(12(23)24)5-10(21-22-11)13(15,16)17/h2-5H,1H3,(H,23,24). The number of rotatable bonds is 4. The summed E-state index contributed by atoms with van der Waals surface area (Å²) in [5.74, 6) is -3.21. The zero-order valence-corrected chi connectivity index (χ0v) is 12.6. The zero-order chi connectivity index (χ0) is 19.7. The fourth-order valence-corrected chi connectivity index (χ4v) is 1.79. The van der Waals surface area contributed by atoms with Crippen LogP contribution in [-0.4, -0.2) is 27.6 Å². The van der Waals surface area contributed by atoms with E-state index in [1.54, 1.807) is 0 Å². The molecule has 0 aliphatic heterocycles. The van der Waals surface area contributed by atoms with E-state index in [0.717, 1.165) is 18.2 Å². The first-order valence-electron chi connectivity index (χ1n) is 6.59. The number of aromatic nitrogens is 2. The summed E-state index contributed by atoms with van der Waals surface area (Å²) in [7, 11) is 0. The molecule has 2 aromatic rings.